The van der Waals surface area contributed by atoms with Crippen LogP contribution in [0.3, 0.4) is 0 Å². The van der Waals surface area contributed by atoms with E-state index < -0.39 is 77.1 Å². The van der Waals surface area contributed by atoms with Gasteiger partial charge in [-0.1, -0.05) is 57.2 Å². The molecule has 14 nitrogen and oxygen atoms in total. The zero-order valence-electron chi connectivity index (χ0n) is 27.1. The van der Waals surface area contributed by atoms with Crippen LogP contribution in [0.4, 0.5) is 9.59 Å². The SMILES string of the molecule is C=C[C@@H]1C[C@]1(NC(=O)[C@@H]1C[C@@H](OC(=O)NCc2cccnc2)CN1C(=O)N[C@H](C(=O)N[C@H]1c2ccccc2C[C@H]1O)C(C)(C)C)C(=O)O. The molecule has 1 aliphatic heterocycles. The molecule has 6 N–H and O–H groups in total. The van der Waals surface area contributed by atoms with Gasteiger partial charge in [0, 0.05) is 37.7 Å². The average molecular weight is 663 g/mol. The number of hydrogen-bond acceptors (Lipinski definition) is 8. The number of benzene rings is 1. The van der Waals surface area contributed by atoms with E-state index in [1.54, 1.807) is 45.3 Å². The summed E-state index contributed by atoms with van der Waals surface area (Å²) in [5.41, 5.74) is 0.0930. The highest BCUT2D eigenvalue weighted by molar-refractivity contribution is 5.95. The molecule has 7 atom stereocenters. The third-order valence-electron chi connectivity index (χ3n) is 9.18. The molecule has 0 bridgehead atoms. The number of aliphatic carboxylic acids is 1. The Kier molecular flexibility index (Phi) is 9.76. The summed E-state index contributed by atoms with van der Waals surface area (Å²) in [6, 6.07) is 7.13. The van der Waals surface area contributed by atoms with Crippen LogP contribution in [0.25, 0.3) is 0 Å². The first-order valence-electron chi connectivity index (χ1n) is 15.9. The number of hydrogen-bond donors (Lipinski definition) is 6. The van der Waals surface area contributed by atoms with Crippen molar-refractivity contribution in [1.82, 2.24) is 31.2 Å². The highest BCUT2D eigenvalue weighted by atomic mass is 16.6. The first kappa shape index (κ1) is 34.4. The Balaban J connectivity index is 1.31. The Labute approximate surface area is 278 Å². The topological polar surface area (TPSA) is 199 Å². The van der Waals surface area contributed by atoms with Crippen LogP contribution in [0.5, 0.6) is 0 Å². The predicted molar refractivity (Wildman–Crippen MR) is 172 cm³/mol. The molecule has 0 unspecified atom stereocenters. The van der Waals surface area contributed by atoms with Gasteiger partial charge in [0.1, 0.15) is 23.7 Å². The molecule has 48 heavy (non-hydrogen) atoms. The van der Waals surface area contributed by atoms with Crippen molar-refractivity contribution < 1.29 is 38.9 Å². The maximum absolute atomic E-state index is 13.9. The standard InChI is InChI=1S/C34H42N6O8/c1-5-21-15-34(21,30(44)45)39-28(42)24-14-22(48-32(47)36-17-19-9-8-12-35-16-19)18-40(24)31(46)38-27(33(2,3)4)29(43)37-26-23-11-7-6-10-20(23)13-25(26)41/h5-12,16,21-22,24-27,41H,1,13-15,17-18H2,2-4H3,(H,36,47)(H,37,43)(H,38,46)(H,39,42)(H,44,45)/t21-,22-,24+,25-,26+,27-,34-/m1/s1. The van der Waals surface area contributed by atoms with Crippen LogP contribution >= 0.6 is 0 Å². The number of aromatic nitrogens is 1. The normalized spacial score (nSPS) is 26.4. The molecule has 14 heteroatoms. The molecule has 2 aliphatic carbocycles. The summed E-state index contributed by atoms with van der Waals surface area (Å²) in [6.07, 6.45) is 2.53. The molecule has 2 aromatic rings. The van der Waals surface area contributed by atoms with E-state index in [-0.39, 0.29) is 25.9 Å². The van der Waals surface area contributed by atoms with Gasteiger partial charge in [0.15, 0.2) is 0 Å². The molecule has 2 fully saturated rings. The summed E-state index contributed by atoms with van der Waals surface area (Å²) in [7, 11) is 0. The monoisotopic (exact) mass is 662 g/mol. The van der Waals surface area contributed by atoms with E-state index in [0.29, 0.717) is 6.42 Å². The van der Waals surface area contributed by atoms with Gasteiger partial charge in [-0.2, -0.15) is 0 Å². The van der Waals surface area contributed by atoms with Crippen LogP contribution in [0.1, 0.15) is 56.3 Å². The maximum Gasteiger partial charge on any atom is 0.407 e. The largest absolute Gasteiger partial charge is 0.479 e. The summed E-state index contributed by atoms with van der Waals surface area (Å²) in [5, 5.41) is 31.4. The number of pyridine rings is 1. The summed E-state index contributed by atoms with van der Waals surface area (Å²) in [4.78, 5) is 71.2. The van der Waals surface area contributed by atoms with Crippen LogP contribution in [0.15, 0.2) is 61.4 Å². The number of nitrogens with one attached hydrogen (secondary N) is 4. The second-order valence-electron chi connectivity index (χ2n) is 13.7. The number of carboxylic acid groups (broad SMARTS) is 1. The Bertz CT molecular complexity index is 1580. The predicted octanol–water partition coefficient (Wildman–Crippen LogP) is 1.80. The van der Waals surface area contributed by atoms with E-state index in [2.05, 4.69) is 32.8 Å². The molecule has 3 aliphatic rings. The van der Waals surface area contributed by atoms with Gasteiger partial charge in [-0.3, -0.25) is 14.6 Å². The number of carbonyl (C=O) groups excluding carboxylic acids is 4. The fraction of sp³-hybridized carbons (Fsp3) is 0.471. The van der Waals surface area contributed by atoms with Crippen LogP contribution in [0.2, 0.25) is 0 Å². The van der Waals surface area contributed by atoms with E-state index in [9.17, 15) is 34.2 Å². The average Bonchev–Trinajstić information content (AvgIpc) is 3.45. The van der Waals surface area contributed by atoms with E-state index in [1.165, 1.54) is 6.08 Å². The Hall–Kier alpha value is -4.98. The highest BCUT2D eigenvalue weighted by Crippen LogP contribution is 2.45. The molecular weight excluding hydrogens is 620 g/mol. The zero-order chi connectivity index (χ0) is 34.8. The minimum atomic E-state index is -1.55. The van der Waals surface area contributed by atoms with Gasteiger partial charge < -0.3 is 41.1 Å². The van der Waals surface area contributed by atoms with E-state index in [1.807, 2.05) is 24.3 Å². The first-order valence-corrected chi connectivity index (χ1v) is 15.9. The van der Waals surface area contributed by atoms with Gasteiger partial charge >= 0.3 is 18.1 Å². The van der Waals surface area contributed by atoms with Gasteiger partial charge in [0.2, 0.25) is 11.8 Å². The quantitative estimate of drug-likeness (QED) is 0.205. The van der Waals surface area contributed by atoms with Crippen molar-refractivity contribution in [3.05, 3.63) is 78.1 Å². The van der Waals surface area contributed by atoms with Crippen molar-refractivity contribution in [2.45, 2.75) is 82.5 Å². The second kappa shape index (κ2) is 13.6. The molecule has 1 saturated heterocycles. The molecule has 5 rings (SSSR count). The molecule has 256 valence electrons. The van der Waals surface area contributed by atoms with Crippen molar-refractivity contribution >= 4 is 29.9 Å². The number of nitrogens with zero attached hydrogens (tertiary/aromatic N) is 2. The number of fused-ring (bicyclic) bond motifs is 1. The second-order valence-corrected chi connectivity index (χ2v) is 13.7. The lowest BCUT2D eigenvalue weighted by Crippen LogP contribution is -2.60. The molecule has 5 amide bonds. The van der Waals surface area contributed by atoms with E-state index in [0.717, 1.165) is 21.6 Å². The highest BCUT2D eigenvalue weighted by Gasteiger charge is 2.61. The van der Waals surface area contributed by atoms with Crippen LogP contribution < -0.4 is 21.3 Å². The number of likely N-dealkylation sites (tertiary alicyclic amines) is 1. The van der Waals surface area contributed by atoms with Crippen molar-refractivity contribution in [2.75, 3.05) is 6.54 Å². The third kappa shape index (κ3) is 7.28. The van der Waals surface area contributed by atoms with Crippen molar-refractivity contribution in [1.29, 1.82) is 0 Å². The molecule has 0 spiro atoms. The van der Waals surface area contributed by atoms with Gasteiger partial charge in [-0.05, 0) is 34.6 Å². The smallest absolute Gasteiger partial charge is 0.407 e. The molecule has 1 saturated carbocycles. The van der Waals surface area contributed by atoms with Crippen molar-refractivity contribution in [2.24, 2.45) is 11.3 Å². The molecule has 2 heterocycles. The Morgan fingerprint density at radius 1 is 1.17 bits per heavy atom. The summed E-state index contributed by atoms with van der Waals surface area (Å²) in [6.45, 7) is 8.89. The van der Waals surface area contributed by atoms with E-state index in [4.69, 9.17) is 4.74 Å². The van der Waals surface area contributed by atoms with Gasteiger partial charge in [-0.25, -0.2) is 14.4 Å². The number of amides is 5. The lowest BCUT2D eigenvalue weighted by atomic mass is 9.86. The van der Waals surface area contributed by atoms with Gasteiger partial charge in [0.05, 0.1) is 18.7 Å². The van der Waals surface area contributed by atoms with Crippen molar-refractivity contribution in [3.63, 3.8) is 0 Å². The summed E-state index contributed by atoms with van der Waals surface area (Å²) in [5.74, 6) is -2.98. The number of urea groups is 1. The van der Waals surface area contributed by atoms with Crippen LogP contribution in [-0.2, 0) is 32.1 Å². The number of alkyl carbamates (subject to hydrolysis) is 1. The van der Waals surface area contributed by atoms with Gasteiger partial charge in [-0.15, -0.1) is 6.58 Å². The number of carbonyl (C=O) groups is 5. The number of carboxylic acids is 1. The minimum absolute atomic E-state index is 0.106. The molecule has 1 aromatic carbocycles. The van der Waals surface area contributed by atoms with E-state index >= 15 is 0 Å². The minimum Gasteiger partial charge on any atom is -0.479 e. The third-order valence-corrected chi connectivity index (χ3v) is 9.18. The fourth-order valence-corrected chi connectivity index (χ4v) is 6.41. The van der Waals surface area contributed by atoms with Gasteiger partial charge in [0.25, 0.3) is 0 Å². The lowest BCUT2D eigenvalue weighted by molar-refractivity contribution is -0.144. The molecule has 1 aromatic heterocycles. The zero-order valence-corrected chi connectivity index (χ0v) is 27.1. The first-order chi connectivity index (χ1) is 22.7. The molecule has 0 radical (unpaired) electrons. The number of aliphatic hydroxyl groups excluding tert-OH is 1. The number of rotatable bonds is 10. The number of ether oxygens (including phenoxy) is 1. The maximum atomic E-state index is 13.9. The molecular formula is C34H42N6O8. The lowest BCUT2D eigenvalue weighted by Gasteiger charge is -2.34. The summed E-state index contributed by atoms with van der Waals surface area (Å²) < 4.78 is 5.57. The van der Waals surface area contributed by atoms with Crippen LogP contribution in [-0.4, -0.2) is 86.4 Å². The Morgan fingerprint density at radius 3 is 2.56 bits per heavy atom. The van der Waals surface area contributed by atoms with Crippen LogP contribution in [0, 0.1) is 11.3 Å². The number of aliphatic hydroxyl groups is 1. The summed E-state index contributed by atoms with van der Waals surface area (Å²) >= 11 is 0. The van der Waals surface area contributed by atoms with Crippen molar-refractivity contribution in [3.8, 4) is 0 Å². The fourth-order valence-electron chi connectivity index (χ4n) is 6.41. The Morgan fingerprint density at radius 2 is 1.92 bits per heavy atom.